The Bertz CT molecular complexity index is 481. The summed E-state index contributed by atoms with van der Waals surface area (Å²) in [5.41, 5.74) is 0.565. The second-order valence-electron chi connectivity index (χ2n) is 4.54. The van der Waals surface area contributed by atoms with Crippen molar-refractivity contribution in [3.05, 3.63) is 27.7 Å². The lowest BCUT2D eigenvalue weighted by atomic mass is 10.0. The molecule has 1 aliphatic rings. The number of rotatable bonds is 4. The third kappa shape index (κ3) is 3.17. The van der Waals surface area contributed by atoms with Crippen LogP contribution in [0.25, 0.3) is 0 Å². The summed E-state index contributed by atoms with van der Waals surface area (Å²) >= 11 is 12.2. The molecule has 0 radical (unpaired) electrons. The number of ether oxygens (including phenoxy) is 1. The maximum atomic E-state index is 11.6. The van der Waals surface area contributed by atoms with Crippen molar-refractivity contribution in [3.63, 3.8) is 0 Å². The molecule has 2 N–H and O–H groups in total. The van der Waals surface area contributed by atoms with Crippen LogP contribution >= 0.6 is 23.2 Å². The molecule has 0 saturated carbocycles. The number of nitrogens with one attached hydrogen (secondary N) is 1. The Morgan fingerprint density at radius 2 is 1.90 bits per heavy atom. The number of carboxylic acid groups (broad SMARTS) is 1. The standard InChI is InChI=1S/C13H16Cl2N2O3/c1-20-12-9(14)6-8(7-10(12)15)11(13(18)19)17-4-2-16-3-5-17/h6-7,11,16H,2-5H2,1H3,(H,18,19). The first-order chi connectivity index (χ1) is 9.54. The number of halogens is 2. The lowest BCUT2D eigenvalue weighted by molar-refractivity contribution is -0.143. The zero-order valence-electron chi connectivity index (χ0n) is 11.0. The molecule has 0 aromatic heterocycles. The molecule has 0 bridgehead atoms. The van der Waals surface area contributed by atoms with E-state index < -0.39 is 12.0 Å². The van der Waals surface area contributed by atoms with Gasteiger partial charge in [0.2, 0.25) is 0 Å². The molecular formula is C13H16Cl2N2O3. The van der Waals surface area contributed by atoms with Crippen molar-refractivity contribution in [1.82, 2.24) is 10.2 Å². The molecule has 20 heavy (non-hydrogen) atoms. The molecule has 1 unspecified atom stereocenters. The van der Waals surface area contributed by atoms with Crippen molar-refractivity contribution in [1.29, 1.82) is 0 Å². The smallest absolute Gasteiger partial charge is 0.325 e. The summed E-state index contributed by atoms with van der Waals surface area (Å²) in [5.74, 6) is -0.550. The quantitative estimate of drug-likeness (QED) is 0.889. The van der Waals surface area contributed by atoms with Crippen LogP contribution in [0.3, 0.4) is 0 Å². The first kappa shape index (κ1) is 15.4. The number of methoxy groups -OCH3 is 1. The van der Waals surface area contributed by atoms with E-state index in [1.165, 1.54) is 7.11 Å². The molecule has 1 fully saturated rings. The van der Waals surface area contributed by atoms with Crippen molar-refractivity contribution in [2.24, 2.45) is 0 Å². The van der Waals surface area contributed by atoms with Crippen LogP contribution in [-0.2, 0) is 4.79 Å². The fourth-order valence-electron chi connectivity index (χ4n) is 2.38. The minimum Gasteiger partial charge on any atom is -0.494 e. The molecule has 110 valence electrons. The highest BCUT2D eigenvalue weighted by atomic mass is 35.5. The predicted octanol–water partition coefficient (Wildman–Crippen LogP) is 2.03. The van der Waals surface area contributed by atoms with Gasteiger partial charge in [0.15, 0.2) is 5.75 Å². The Hall–Kier alpha value is -1.01. The van der Waals surface area contributed by atoms with Gasteiger partial charge in [-0.25, -0.2) is 0 Å². The minimum absolute atomic E-state index is 0.316. The summed E-state index contributed by atoms with van der Waals surface area (Å²) in [4.78, 5) is 13.5. The number of aliphatic carboxylic acids is 1. The number of benzene rings is 1. The molecule has 1 saturated heterocycles. The monoisotopic (exact) mass is 318 g/mol. The van der Waals surface area contributed by atoms with Gasteiger partial charge >= 0.3 is 5.97 Å². The molecule has 2 rings (SSSR count). The molecule has 7 heteroatoms. The predicted molar refractivity (Wildman–Crippen MR) is 77.8 cm³/mol. The second-order valence-corrected chi connectivity index (χ2v) is 5.36. The third-order valence-electron chi connectivity index (χ3n) is 3.29. The van der Waals surface area contributed by atoms with E-state index in [0.29, 0.717) is 34.4 Å². The van der Waals surface area contributed by atoms with Crippen LogP contribution in [0, 0.1) is 0 Å². The van der Waals surface area contributed by atoms with E-state index in [1.807, 2.05) is 4.90 Å². The van der Waals surface area contributed by atoms with E-state index in [9.17, 15) is 9.90 Å². The molecule has 5 nitrogen and oxygen atoms in total. The number of carbonyl (C=O) groups is 1. The van der Waals surface area contributed by atoms with Crippen LogP contribution in [0.15, 0.2) is 12.1 Å². The van der Waals surface area contributed by atoms with Gasteiger partial charge in [-0.1, -0.05) is 23.2 Å². The van der Waals surface area contributed by atoms with Crippen molar-refractivity contribution in [2.75, 3.05) is 33.3 Å². The maximum absolute atomic E-state index is 11.6. The van der Waals surface area contributed by atoms with Gasteiger partial charge in [0.1, 0.15) is 6.04 Å². The second kappa shape index (κ2) is 6.63. The molecule has 0 aliphatic carbocycles. The molecule has 1 aromatic rings. The number of piperazine rings is 1. The van der Waals surface area contributed by atoms with Crippen LogP contribution in [0.4, 0.5) is 0 Å². The van der Waals surface area contributed by atoms with Crippen molar-refractivity contribution < 1.29 is 14.6 Å². The van der Waals surface area contributed by atoms with Gasteiger partial charge in [0.05, 0.1) is 17.2 Å². The summed E-state index contributed by atoms with van der Waals surface area (Å²) in [6.07, 6.45) is 0. The van der Waals surface area contributed by atoms with Gasteiger partial charge < -0.3 is 15.2 Å². The van der Waals surface area contributed by atoms with Crippen molar-refractivity contribution in [3.8, 4) is 5.75 Å². The number of nitrogens with zero attached hydrogens (tertiary/aromatic N) is 1. The fourth-order valence-corrected chi connectivity index (χ4v) is 3.04. The van der Waals surface area contributed by atoms with Gasteiger partial charge in [-0.05, 0) is 17.7 Å². The highest BCUT2D eigenvalue weighted by Crippen LogP contribution is 2.36. The van der Waals surface area contributed by atoms with Crippen molar-refractivity contribution in [2.45, 2.75) is 6.04 Å². The summed E-state index contributed by atoms with van der Waals surface area (Å²) in [5, 5.41) is 13.3. The van der Waals surface area contributed by atoms with E-state index in [-0.39, 0.29) is 0 Å². The summed E-state index contributed by atoms with van der Waals surface area (Å²) in [6.45, 7) is 2.86. The fraction of sp³-hybridized carbons (Fsp3) is 0.462. The van der Waals surface area contributed by atoms with Gasteiger partial charge in [0.25, 0.3) is 0 Å². The zero-order chi connectivity index (χ0) is 14.7. The van der Waals surface area contributed by atoms with Crippen LogP contribution in [-0.4, -0.2) is 49.3 Å². The zero-order valence-corrected chi connectivity index (χ0v) is 12.5. The minimum atomic E-state index is -0.913. The summed E-state index contributed by atoms with van der Waals surface area (Å²) < 4.78 is 5.08. The normalized spacial score (nSPS) is 17.8. The van der Waals surface area contributed by atoms with Gasteiger partial charge in [0, 0.05) is 26.2 Å². The summed E-state index contributed by atoms with van der Waals surface area (Å²) in [7, 11) is 1.47. The van der Waals surface area contributed by atoms with E-state index >= 15 is 0 Å². The largest absolute Gasteiger partial charge is 0.494 e. The Labute approximate surface area is 127 Å². The lowest BCUT2D eigenvalue weighted by Gasteiger charge is -2.32. The average Bonchev–Trinajstić information content (AvgIpc) is 2.39. The molecule has 1 heterocycles. The molecular weight excluding hydrogens is 303 g/mol. The highest BCUT2D eigenvalue weighted by Gasteiger charge is 2.29. The van der Waals surface area contributed by atoms with E-state index in [4.69, 9.17) is 27.9 Å². The Morgan fingerprint density at radius 3 is 2.35 bits per heavy atom. The SMILES string of the molecule is COc1c(Cl)cc(C(C(=O)O)N2CCNCC2)cc1Cl. The van der Waals surface area contributed by atoms with Gasteiger partial charge in [-0.15, -0.1) is 0 Å². The average molecular weight is 319 g/mol. The number of hydrogen-bond donors (Lipinski definition) is 2. The first-order valence-corrected chi connectivity index (χ1v) is 7.00. The molecule has 1 aromatic carbocycles. The molecule has 0 spiro atoms. The van der Waals surface area contributed by atoms with Crippen LogP contribution in [0.5, 0.6) is 5.75 Å². The molecule has 1 atom stereocenters. The van der Waals surface area contributed by atoms with E-state index in [0.717, 1.165) is 13.1 Å². The topological polar surface area (TPSA) is 61.8 Å². The Balaban J connectivity index is 2.36. The van der Waals surface area contributed by atoms with Crippen molar-refractivity contribution >= 4 is 29.2 Å². The Kier molecular flexibility index (Phi) is 5.10. The number of hydrogen-bond acceptors (Lipinski definition) is 4. The molecule has 0 amide bonds. The lowest BCUT2D eigenvalue weighted by Crippen LogP contribution is -2.47. The van der Waals surface area contributed by atoms with Gasteiger partial charge in [-0.3, -0.25) is 9.69 Å². The van der Waals surface area contributed by atoms with Crippen LogP contribution in [0.2, 0.25) is 10.0 Å². The highest BCUT2D eigenvalue weighted by molar-refractivity contribution is 6.37. The maximum Gasteiger partial charge on any atom is 0.325 e. The van der Waals surface area contributed by atoms with E-state index in [1.54, 1.807) is 12.1 Å². The number of carboxylic acids is 1. The third-order valence-corrected chi connectivity index (χ3v) is 3.85. The van der Waals surface area contributed by atoms with Crippen LogP contribution < -0.4 is 10.1 Å². The molecule has 1 aliphatic heterocycles. The van der Waals surface area contributed by atoms with Crippen LogP contribution in [0.1, 0.15) is 11.6 Å². The van der Waals surface area contributed by atoms with E-state index in [2.05, 4.69) is 5.32 Å². The summed E-state index contributed by atoms with van der Waals surface area (Å²) in [6, 6.07) is 2.46. The Morgan fingerprint density at radius 1 is 1.35 bits per heavy atom. The first-order valence-electron chi connectivity index (χ1n) is 6.25. The van der Waals surface area contributed by atoms with Gasteiger partial charge in [-0.2, -0.15) is 0 Å².